The van der Waals surface area contributed by atoms with Crippen molar-refractivity contribution < 1.29 is 19.4 Å². The topological polar surface area (TPSA) is 66.8 Å². The van der Waals surface area contributed by atoms with Crippen LogP contribution in [0.4, 0.5) is 0 Å². The molecule has 5 nitrogen and oxygen atoms in total. The average Bonchev–Trinajstić information content (AvgIpc) is 2.55. The molecule has 120 valence electrons. The minimum absolute atomic E-state index is 0.00119. The molecule has 1 N–H and O–H groups in total. The number of aliphatic carboxylic acids is 1. The maximum absolute atomic E-state index is 12.8. The van der Waals surface area contributed by atoms with Crippen LogP contribution >= 0.6 is 0 Å². The Balaban J connectivity index is 2.11. The third-order valence-electron chi connectivity index (χ3n) is 4.16. The standard InChI is InChI=1S/C17H23NO4/c1-22-16(13-7-3-2-4-8-13)17(21)18-12-6-5-9-14(18)10-11-15(19)20/h2-4,7-8,14,16H,5-6,9-12H2,1H3,(H,19,20)/t14?,16-/m1/s1. The normalized spacial score (nSPS) is 19.7. The molecule has 1 aliphatic rings. The lowest BCUT2D eigenvalue weighted by Gasteiger charge is -2.37. The third kappa shape index (κ3) is 4.07. The smallest absolute Gasteiger partial charge is 0.303 e. The van der Waals surface area contributed by atoms with Crippen molar-refractivity contribution in [3.63, 3.8) is 0 Å². The van der Waals surface area contributed by atoms with Gasteiger partial charge in [-0.3, -0.25) is 9.59 Å². The number of carbonyl (C=O) groups excluding carboxylic acids is 1. The lowest BCUT2D eigenvalue weighted by Crippen LogP contribution is -2.46. The lowest BCUT2D eigenvalue weighted by molar-refractivity contribution is -0.147. The molecule has 5 heteroatoms. The molecular formula is C17H23NO4. The van der Waals surface area contributed by atoms with Crippen LogP contribution < -0.4 is 0 Å². The second kappa shape index (κ2) is 7.94. The van der Waals surface area contributed by atoms with Crippen molar-refractivity contribution in [2.45, 2.75) is 44.2 Å². The number of carboxylic acid groups (broad SMARTS) is 1. The number of methoxy groups -OCH3 is 1. The summed E-state index contributed by atoms with van der Waals surface area (Å²) in [5, 5.41) is 8.87. The van der Waals surface area contributed by atoms with E-state index in [1.807, 2.05) is 35.2 Å². The third-order valence-corrected chi connectivity index (χ3v) is 4.16. The second-order valence-corrected chi connectivity index (χ2v) is 5.64. The number of nitrogens with zero attached hydrogens (tertiary/aromatic N) is 1. The van der Waals surface area contributed by atoms with Gasteiger partial charge >= 0.3 is 5.97 Å². The molecule has 0 aromatic heterocycles. The maximum atomic E-state index is 12.8. The number of benzene rings is 1. The molecule has 0 bridgehead atoms. The molecule has 1 heterocycles. The highest BCUT2D eigenvalue weighted by atomic mass is 16.5. The van der Waals surface area contributed by atoms with Crippen LogP contribution in [0.2, 0.25) is 0 Å². The number of ether oxygens (including phenoxy) is 1. The van der Waals surface area contributed by atoms with E-state index >= 15 is 0 Å². The largest absolute Gasteiger partial charge is 0.481 e. The van der Waals surface area contributed by atoms with Crippen LogP contribution in [0.5, 0.6) is 0 Å². The monoisotopic (exact) mass is 305 g/mol. The average molecular weight is 305 g/mol. The summed E-state index contributed by atoms with van der Waals surface area (Å²) >= 11 is 0. The molecule has 0 aliphatic carbocycles. The Morgan fingerprint density at radius 3 is 2.68 bits per heavy atom. The highest BCUT2D eigenvalue weighted by Crippen LogP contribution is 2.26. The fourth-order valence-electron chi connectivity index (χ4n) is 3.04. The van der Waals surface area contributed by atoms with Gasteiger partial charge in [0.2, 0.25) is 0 Å². The maximum Gasteiger partial charge on any atom is 0.303 e. The molecule has 1 amide bonds. The first-order chi connectivity index (χ1) is 10.6. The Morgan fingerprint density at radius 1 is 1.32 bits per heavy atom. The zero-order chi connectivity index (χ0) is 15.9. The Kier molecular flexibility index (Phi) is 5.95. The van der Waals surface area contributed by atoms with Crippen LogP contribution in [0.1, 0.15) is 43.8 Å². The Bertz CT molecular complexity index is 503. The zero-order valence-corrected chi connectivity index (χ0v) is 12.9. The van der Waals surface area contributed by atoms with E-state index in [0.29, 0.717) is 13.0 Å². The first kappa shape index (κ1) is 16.5. The van der Waals surface area contributed by atoms with Crippen LogP contribution in [-0.2, 0) is 14.3 Å². The van der Waals surface area contributed by atoms with E-state index in [4.69, 9.17) is 9.84 Å². The summed E-state index contributed by atoms with van der Waals surface area (Å²) in [6, 6.07) is 9.42. The minimum atomic E-state index is -0.815. The number of amides is 1. The molecule has 0 saturated carbocycles. The SMILES string of the molecule is CO[C@@H](C(=O)N1CCCCC1CCC(=O)O)c1ccccc1. The number of hydrogen-bond acceptors (Lipinski definition) is 3. The van der Waals surface area contributed by atoms with Crippen molar-refractivity contribution in [3.05, 3.63) is 35.9 Å². The van der Waals surface area contributed by atoms with Gasteiger partial charge in [-0.25, -0.2) is 0 Å². The number of carboxylic acids is 1. The van der Waals surface area contributed by atoms with Gasteiger partial charge in [-0.1, -0.05) is 30.3 Å². The molecular weight excluding hydrogens is 282 g/mol. The van der Waals surface area contributed by atoms with Crippen LogP contribution in [0.25, 0.3) is 0 Å². The predicted octanol–water partition coefficient (Wildman–Crippen LogP) is 2.62. The van der Waals surface area contributed by atoms with Gasteiger partial charge in [0, 0.05) is 26.1 Å². The summed E-state index contributed by atoms with van der Waals surface area (Å²) in [4.78, 5) is 25.5. The first-order valence-corrected chi connectivity index (χ1v) is 7.73. The van der Waals surface area contributed by atoms with Gasteiger partial charge in [-0.15, -0.1) is 0 Å². The molecule has 0 radical (unpaired) electrons. The molecule has 0 spiro atoms. The number of likely N-dealkylation sites (tertiary alicyclic amines) is 1. The van der Waals surface area contributed by atoms with E-state index < -0.39 is 12.1 Å². The second-order valence-electron chi connectivity index (χ2n) is 5.64. The van der Waals surface area contributed by atoms with E-state index in [1.165, 1.54) is 7.11 Å². The van der Waals surface area contributed by atoms with Gasteiger partial charge < -0.3 is 14.7 Å². The molecule has 1 aromatic rings. The summed E-state index contributed by atoms with van der Waals surface area (Å²) in [5.74, 6) is -0.881. The van der Waals surface area contributed by atoms with E-state index in [-0.39, 0.29) is 18.4 Å². The van der Waals surface area contributed by atoms with Gasteiger partial charge in [-0.05, 0) is 31.2 Å². The van der Waals surface area contributed by atoms with Crippen molar-refractivity contribution in [2.75, 3.05) is 13.7 Å². The van der Waals surface area contributed by atoms with E-state index in [0.717, 1.165) is 24.8 Å². The number of carbonyl (C=O) groups is 2. The summed E-state index contributed by atoms with van der Waals surface area (Å²) < 4.78 is 5.42. The van der Waals surface area contributed by atoms with E-state index in [2.05, 4.69) is 0 Å². The van der Waals surface area contributed by atoms with Crippen LogP contribution in [0, 0.1) is 0 Å². The number of piperidine rings is 1. The number of hydrogen-bond donors (Lipinski definition) is 1. The highest BCUT2D eigenvalue weighted by molar-refractivity contribution is 5.82. The highest BCUT2D eigenvalue weighted by Gasteiger charge is 2.32. The van der Waals surface area contributed by atoms with Crippen LogP contribution in [0.3, 0.4) is 0 Å². The fraction of sp³-hybridized carbons (Fsp3) is 0.529. The van der Waals surface area contributed by atoms with Gasteiger partial charge in [0.05, 0.1) is 0 Å². The lowest BCUT2D eigenvalue weighted by atomic mass is 9.96. The summed E-state index contributed by atoms with van der Waals surface area (Å²) in [6.45, 7) is 0.676. The molecule has 22 heavy (non-hydrogen) atoms. The Hall–Kier alpha value is -1.88. The van der Waals surface area contributed by atoms with Gasteiger partial charge in [0.25, 0.3) is 5.91 Å². The summed E-state index contributed by atoms with van der Waals surface area (Å²) in [7, 11) is 1.53. The fourth-order valence-corrected chi connectivity index (χ4v) is 3.04. The van der Waals surface area contributed by atoms with Gasteiger partial charge in [0.15, 0.2) is 6.10 Å². The summed E-state index contributed by atoms with van der Waals surface area (Å²) in [5.41, 5.74) is 0.831. The molecule has 1 aliphatic heterocycles. The molecule has 1 aromatic carbocycles. The quantitative estimate of drug-likeness (QED) is 0.877. The molecule has 1 saturated heterocycles. The zero-order valence-electron chi connectivity index (χ0n) is 12.9. The molecule has 2 atom stereocenters. The van der Waals surface area contributed by atoms with Crippen molar-refractivity contribution in [1.29, 1.82) is 0 Å². The van der Waals surface area contributed by atoms with Gasteiger partial charge in [0.1, 0.15) is 0 Å². The predicted molar refractivity (Wildman–Crippen MR) is 82.4 cm³/mol. The molecule has 1 fully saturated rings. The number of rotatable bonds is 6. The minimum Gasteiger partial charge on any atom is -0.481 e. The van der Waals surface area contributed by atoms with E-state index in [1.54, 1.807) is 0 Å². The van der Waals surface area contributed by atoms with Crippen molar-refractivity contribution in [1.82, 2.24) is 4.90 Å². The Labute approximate surface area is 130 Å². The van der Waals surface area contributed by atoms with Gasteiger partial charge in [-0.2, -0.15) is 0 Å². The Morgan fingerprint density at radius 2 is 2.05 bits per heavy atom. The van der Waals surface area contributed by atoms with Crippen LogP contribution in [-0.4, -0.2) is 41.6 Å². The van der Waals surface area contributed by atoms with Crippen molar-refractivity contribution in [2.24, 2.45) is 0 Å². The molecule has 2 rings (SSSR count). The summed E-state index contributed by atoms with van der Waals surface area (Å²) in [6.07, 6.45) is 2.84. The molecule has 1 unspecified atom stereocenters. The van der Waals surface area contributed by atoms with Crippen molar-refractivity contribution in [3.8, 4) is 0 Å². The van der Waals surface area contributed by atoms with Crippen molar-refractivity contribution >= 4 is 11.9 Å². The van der Waals surface area contributed by atoms with E-state index in [9.17, 15) is 9.59 Å². The van der Waals surface area contributed by atoms with Crippen LogP contribution in [0.15, 0.2) is 30.3 Å². The first-order valence-electron chi connectivity index (χ1n) is 7.73.